The van der Waals surface area contributed by atoms with Gasteiger partial charge in [0.1, 0.15) is 6.54 Å². The van der Waals surface area contributed by atoms with E-state index in [1.165, 1.54) is 0 Å². The first kappa shape index (κ1) is 22.4. The normalized spacial score (nSPS) is 12.1. The molecule has 2 aromatic rings. The summed E-state index contributed by atoms with van der Waals surface area (Å²) < 4.78 is 25.6. The van der Waals surface area contributed by atoms with Crippen molar-refractivity contribution in [1.29, 1.82) is 0 Å². The molecule has 2 aromatic carbocycles. The maximum atomic E-state index is 12.7. The van der Waals surface area contributed by atoms with Crippen molar-refractivity contribution in [3.63, 3.8) is 0 Å². The lowest BCUT2D eigenvalue weighted by molar-refractivity contribution is -0.114. The topological polar surface area (TPSA) is 95.6 Å². The van der Waals surface area contributed by atoms with Crippen LogP contribution in [0.25, 0.3) is 0 Å². The van der Waals surface area contributed by atoms with Gasteiger partial charge in [0, 0.05) is 6.04 Å². The number of hydrogen-bond donors (Lipinski definition) is 2. The Hall–Kier alpha value is -2.87. The van der Waals surface area contributed by atoms with Crippen molar-refractivity contribution in [1.82, 2.24) is 5.32 Å². The van der Waals surface area contributed by atoms with Gasteiger partial charge in [-0.05, 0) is 44.0 Å². The predicted molar refractivity (Wildman–Crippen MR) is 116 cm³/mol. The first-order chi connectivity index (χ1) is 13.6. The number of rotatable bonds is 8. The Morgan fingerprint density at radius 3 is 2.31 bits per heavy atom. The number of carbonyl (C=O) groups is 2. The minimum Gasteiger partial charge on any atom is -0.350 e. The van der Waals surface area contributed by atoms with E-state index in [0.29, 0.717) is 16.9 Å². The lowest BCUT2D eigenvalue weighted by Crippen LogP contribution is -2.38. The van der Waals surface area contributed by atoms with Crippen LogP contribution in [0.2, 0.25) is 0 Å². The molecular weight excluding hydrogens is 390 g/mol. The molecule has 1 atom stereocenters. The molecule has 2 N–H and O–H groups in total. The zero-order valence-electron chi connectivity index (χ0n) is 17.1. The number of hydrogen-bond acceptors (Lipinski definition) is 4. The maximum absolute atomic E-state index is 12.7. The number of para-hydroxylation sites is 2. The fourth-order valence-electron chi connectivity index (χ4n) is 2.74. The summed E-state index contributed by atoms with van der Waals surface area (Å²) >= 11 is 0. The molecule has 0 unspecified atom stereocenters. The largest absolute Gasteiger partial charge is 0.350 e. The van der Waals surface area contributed by atoms with Crippen LogP contribution in [0.15, 0.2) is 48.5 Å². The van der Waals surface area contributed by atoms with E-state index in [0.717, 1.165) is 22.5 Å². The number of amides is 2. The molecule has 0 saturated heterocycles. The van der Waals surface area contributed by atoms with E-state index >= 15 is 0 Å². The van der Waals surface area contributed by atoms with E-state index in [-0.39, 0.29) is 11.9 Å². The summed E-state index contributed by atoms with van der Waals surface area (Å²) in [5.41, 5.74) is 1.83. The number of anilines is 2. The quantitative estimate of drug-likeness (QED) is 0.690. The molecule has 0 fully saturated rings. The molecule has 0 heterocycles. The second-order valence-electron chi connectivity index (χ2n) is 6.93. The van der Waals surface area contributed by atoms with E-state index in [2.05, 4.69) is 10.6 Å². The molecule has 0 aliphatic carbocycles. The van der Waals surface area contributed by atoms with Crippen molar-refractivity contribution in [3.8, 4) is 0 Å². The summed E-state index contributed by atoms with van der Waals surface area (Å²) in [6.45, 7) is 5.24. The highest BCUT2D eigenvalue weighted by Crippen LogP contribution is 2.22. The number of benzene rings is 2. The molecule has 0 radical (unpaired) electrons. The molecule has 0 aliphatic heterocycles. The third kappa shape index (κ3) is 6.05. The summed E-state index contributed by atoms with van der Waals surface area (Å²) in [4.78, 5) is 25.2. The van der Waals surface area contributed by atoms with Gasteiger partial charge in [-0.3, -0.25) is 13.9 Å². The minimum atomic E-state index is -3.68. The molecule has 0 spiro atoms. The molecule has 0 saturated carbocycles. The lowest BCUT2D eigenvalue weighted by atomic mass is 10.1. The zero-order valence-corrected chi connectivity index (χ0v) is 17.9. The van der Waals surface area contributed by atoms with Gasteiger partial charge < -0.3 is 10.6 Å². The standard InChI is InChI=1S/C21H27N3O4S/c1-5-16(3)22-21(26)17-11-7-8-12-18(17)23-20(25)14-24(29(4,27)28)19-13-9-6-10-15(19)2/h6-13,16H,5,14H2,1-4H3,(H,22,26)(H,23,25)/t16-/m0/s1. The highest BCUT2D eigenvalue weighted by Gasteiger charge is 2.23. The van der Waals surface area contributed by atoms with Crippen LogP contribution < -0.4 is 14.9 Å². The number of carbonyl (C=O) groups excluding carboxylic acids is 2. The Balaban J connectivity index is 2.24. The van der Waals surface area contributed by atoms with Crippen molar-refractivity contribution < 1.29 is 18.0 Å². The molecule has 0 aromatic heterocycles. The number of sulfonamides is 1. The monoisotopic (exact) mass is 417 g/mol. The van der Waals surface area contributed by atoms with Crippen molar-refractivity contribution in [2.24, 2.45) is 0 Å². The van der Waals surface area contributed by atoms with Gasteiger partial charge in [0.05, 0.1) is 23.2 Å². The zero-order chi connectivity index (χ0) is 21.6. The number of nitrogens with zero attached hydrogens (tertiary/aromatic N) is 1. The van der Waals surface area contributed by atoms with E-state index in [9.17, 15) is 18.0 Å². The van der Waals surface area contributed by atoms with Crippen LogP contribution in [0, 0.1) is 6.92 Å². The Labute approximate surface area is 172 Å². The van der Waals surface area contributed by atoms with Crippen LogP contribution in [0.3, 0.4) is 0 Å². The highest BCUT2D eigenvalue weighted by atomic mass is 32.2. The second-order valence-corrected chi connectivity index (χ2v) is 8.84. The van der Waals surface area contributed by atoms with Crippen LogP contribution in [-0.2, 0) is 14.8 Å². The average molecular weight is 418 g/mol. The summed E-state index contributed by atoms with van der Waals surface area (Å²) in [7, 11) is -3.68. The summed E-state index contributed by atoms with van der Waals surface area (Å²) in [5.74, 6) is -0.836. The molecule has 0 bridgehead atoms. The van der Waals surface area contributed by atoms with Gasteiger partial charge in [0.2, 0.25) is 15.9 Å². The smallest absolute Gasteiger partial charge is 0.253 e. The molecule has 8 heteroatoms. The van der Waals surface area contributed by atoms with Crippen LogP contribution in [0.1, 0.15) is 36.2 Å². The predicted octanol–water partition coefficient (Wildman–Crippen LogP) is 2.93. The Bertz CT molecular complexity index is 989. The van der Waals surface area contributed by atoms with Crippen molar-refractivity contribution in [2.45, 2.75) is 33.2 Å². The lowest BCUT2D eigenvalue weighted by Gasteiger charge is -2.24. The third-order valence-corrected chi connectivity index (χ3v) is 5.63. The summed E-state index contributed by atoms with van der Waals surface area (Å²) in [6, 6.07) is 13.6. The first-order valence-electron chi connectivity index (χ1n) is 9.36. The molecule has 0 aliphatic rings. The minimum absolute atomic E-state index is 0.00645. The van der Waals surface area contributed by atoms with Crippen molar-refractivity contribution >= 4 is 33.2 Å². The summed E-state index contributed by atoms with van der Waals surface area (Å²) in [6.07, 6.45) is 1.83. The maximum Gasteiger partial charge on any atom is 0.253 e. The van der Waals surface area contributed by atoms with Gasteiger partial charge in [-0.1, -0.05) is 37.3 Å². The fourth-order valence-corrected chi connectivity index (χ4v) is 3.65. The van der Waals surface area contributed by atoms with Crippen LogP contribution in [0.5, 0.6) is 0 Å². The van der Waals surface area contributed by atoms with E-state index in [1.807, 2.05) is 13.8 Å². The Morgan fingerprint density at radius 1 is 1.07 bits per heavy atom. The van der Waals surface area contributed by atoms with Crippen LogP contribution in [-0.4, -0.2) is 39.1 Å². The van der Waals surface area contributed by atoms with Crippen LogP contribution >= 0.6 is 0 Å². The SMILES string of the molecule is CC[C@H](C)NC(=O)c1ccccc1NC(=O)CN(c1ccccc1C)S(C)(=O)=O. The first-order valence-corrected chi connectivity index (χ1v) is 11.2. The van der Waals surface area contributed by atoms with Gasteiger partial charge in [-0.2, -0.15) is 0 Å². The summed E-state index contributed by atoms with van der Waals surface area (Å²) in [5, 5.41) is 5.53. The van der Waals surface area contributed by atoms with E-state index in [1.54, 1.807) is 55.5 Å². The fraction of sp³-hybridized carbons (Fsp3) is 0.333. The van der Waals surface area contributed by atoms with Crippen molar-refractivity contribution in [3.05, 3.63) is 59.7 Å². The Morgan fingerprint density at radius 2 is 1.69 bits per heavy atom. The molecule has 156 valence electrons. The highest BCUT2D eigenvalue weighted by molar-refractivity contribution is 7.92. The van der Waals surface area contributed by atoms with E-state index < -0.39 is 22.5 Å². The molecule has 2 amide bonds. The van der Waals surface area contributed by atoms with Gasteiger partial charge in [-0.15, -0.1) is 0 Å². The van der Waals surface area contributed by atoms with Crippen LogP contribution in [0.4, 0.5) is 11.4 Å². The third-order valence-electron chi connectivity index (χ3n) is 4.51. The van der Waals surface area contributed by atoms with Gasteiger partial charge >= 0.3 is 0 Å². The molecular formula is C21H27N3O4S. The molecule has 29 heavy (non-hydrogen) atoms. The molecule has 7 nitrogen and oxygen atoms in total. The van der Waals surface area contributed by atoms with Crippen molar-refractivity contribution in [2.75, 3.05) is 22.4 Å². The Kier molecular flexibility index (Phi) is 7.39. The number of aryl methyl sites for hydroxylation is 1. The van der Waals surface area contributed by atoms with Gasteiger partial charge in [-0.25, -0.2) is 8.42 Å². The van der Waals surface area contributed by atoms with Gasteiger partial charge in [0.25, 0.3) is 5.91 Å². The molecule has 2 rings (SSSR count). The average Bonchev–Trinajstić information content (AvgIpc) is 2.66. The van der Waals surface area contributed by atoms with E-state index in [4.69, 9.17) is 0 Å². The number of nitrogens with one attached hydrogen (secondary N) is 2. The van der Waals surface area contributed by atoms with Gasteiger partial charge in [0.15, 0.2) is 0 Å². The second kappa shape index (κ2) is 9.56.